The summed E-state index contributed by atoms with van der Waals surface area (Å²) in [4.78, 5) is 23.2. The highest BCUT2D eigenvalue weighted by atomic mass is 16.5. The van der Waals surface area contributed by atoms with Crippen molar-refractivity contribution >= 4 is 11.9 Å². The third-order valence-corrected chi connectivity index (χ3v) is 2.17. The summed E-state index contributed by atoms with van der Waals surface area (Å²) in [6.07, 6.45) is 1.53. The van der Waals surface area contributed by atoms with Crippen molar-refractivity contribution in [3.63, 3.8) is 0 Å². The molecule has 0 saturated carbocycles. The van der Waals surface area contributed by atoms with Gasteiger partial charge in [-0.2, -0.15) is 20.1 Å². The van der Waals surface area contributed by atoms with E-state index in [4.69, 9.17) is 10.5 Å². The molecule has 0 atom stereocenters. The summed E-state index contributed by atoms with van der Waals surface area (Å²) < 4.78 is 6.31. The van der Waals surface area contributed by atoms with Crippen molar-refractivity contribution in [2.45, 2.75) is 6.92 Å². The average Bonchev–Trinajstić information content (AvgIpc) is 2.88. The Morgan fingerprint density at radius 3 is 2.84 bits per heavy atom. The molecule has 1 amide bonds. The molecule has 0 aliphatic rings. The molecule has 2 rings (SSSR count). The van der Waals surface area contributed by atoms with Crippen molar-refractivity contribution < 1.29 is 9.53 Å². The fourth-order valence-electron chi connectivity index (χ4n) is 1.34. The topological polar surface area (TPSA) is 121 Å². The van der Waals surface area contributed by atoms with E-state index in [2.05, 4.69) is 25.4 Å². The largest absolute Gasteiger partial charge is 0.467 e. The molecule has 9 heteroatoms. The molecule has 19 heavy (non-hydrogen) atoms. The standard InChI is InChI=1S/C10H13N7O2/c1-3-12-8-13-9(15-10(14-8)19-2)17-5-4-6(16-17)7(11)18/h4-5H,3H2,1-2H3,(H2,11,18)(H,12,13,14,15). The van der Waals surface area contributed by atoms with Gasteiger partial charge < -0.3 is 15.8 Å². The first kappa shape index (κ1) is 12.7. The number of amides is 1. The Bertz CT molecular complexity index is 595. The lowest BCUT2D eigenvalue weighted by Gasteiger charge is -2.06. The number of methoxy groups -OCH3 is 1. The van der Waals surface area contributed by atoms with Crippen LogP contribution in [0.2, 0.25) is 0 Å². The van der Waals surface area contributed by atoms with Gasteiger partial charge in [0.25, 0.3) is 11.9 Å². The quantitative estimate of drug-likeness (QED) is 0.752. The van der Waals surface area contributed by atoms with Crippen LogP contribution in [0.25, 0.3) is 5.95 Å². The van der Waals surface area contributed by atoms with Crippen LogP contribution in [0.1, 0.15) is 17.4 Å². The average molecular weight is 263 g/mol. The molecule has 0 spiro atoms. The monoisotopic (exact) mass is 263 g/mol. The molecular formula is C10H13N7O2. The Hall–Kier alpha value is -2.71. The highest BCUT2D eigenvalue weighted by Crippen LogP contribution is 2.10. The Morgan fingerprint density at radius 1 is 1.47 bits per heavy atom. The summed E-state index contributed by atoms with van der Waals surface area (Å²) in [5.41, 5.74) is 5.26. The van der Waals surface area contributed by atoms with E-state index < -0.39 is 5.91 Å². The predicted octanol–water partition coefficient (Wildman–Crippen LogP) is -0.403. The number of nitrogens with one attached hydrogen (secondary N) is 1. The second-order valence-electron chi connectivity index (χ2n) is 3.49. The number of nitrogens with zero attached hydrogens (tertiary/aromatic N) is 5. The molecule has 0 saturated heterocycles. The molecule has 0 fully saturated rings. The number of nitrogens with two attached hydrogens (primary N) is 1. The number of carbonyl (C=O) groups is 1. The van der Waals surface area contributed by atoms with Gasteiger partial charge in [-0.05, 0) is 13.0 Å². The molecule has 100 valence electrons. The Kier molecular flexibility index (Phi) is 3.55. The highest BCUT2D eigenvalue weighted by Gasteiger charge is 2.11. The van der Waals surface area contributed by atoms with Crippen LogP contribution in [0.5, 0.6) is 6.01 Å². The van der Waals surface area contributed by atoms with Gasteiger partial charge in [0.1, 0.15) is 5.69 Å². The number of rotatable bonds is 5. The number of hydrogen-bond acceptors (Lipinski definition) is 7. The molecule has 0 aliphatic carbocycles. The zero-order chi connectivity index (χ0) is 13.8. The Balaban J connectivity index is 2.41. The lowest BCUT2D eigenvalue weighted by atomic mass is 10.4. The molecule has 0 aliphatic heterocycles. The SMILES string of the molecule is CCNc1nc(OC)nc(-n2ccc(C(N)=O)n2)n1. The number of primary amides is 1. The van der Waals surface area contributed by atoms with Crippen LogP contribution >= 0.6 is 0 Å². The first-order chi connectivity index (χ1) is 9.13. The fourth-order valence-corrected chi connectivity index (χ4v) is 1.34. The summed E-state index contributed by atoms with van der Waals surface area (Å²) in [5.74, 6) is -0.0255. The van der Waals surface area contributed by atoms with Crippen molar-refractivity contribution in [1.82, 2.24) is 24.7 Å². The zero-order valence-electron chi connectivity index (χ0n) is 10.5. The number of hydrogen-bond donors (Lipinski definition) is 2. The van der Waals surface area contributed by atoms with E-state index >= 15 is 0 Å². The van der Waals surface area contributed by atoms with E-state index in [0.717, 1.165) is 0 Å². The maximum Gasteiger partial charge on any atom is 0.322 e. The molecular weight excluding hydrogens is 250 g/mol. The van der Waals surface area contributed by atoms with Gasteiger partial charge >= 0.3 is 6.01 Å². The molecule has 2 aromatic heterocycles. The van der Waals surface area contributed by atoms with Crippen LogP contribution < -0.4 is 15.8 Å². The third kappa shape index (κ3) is 2.76. The Labute approximate surface area is 108 Å². The summed E-state index contributed by atoms with van der Waals surface area (Å²) in [6, 6.07) is 1.63. The van der Waals surface area contributed by atoms with Crippen molar-refractivity contribution in [3.05, 3.63) is 18.0 Å². The summed E-state index contributed by atoms with van der Waals surface area (Å²) >= 11 is 0. The van der Waals surface area contributed by atoms with Gasteiger partial charge in [-0.25, -0.2) is 4.68 Å². The number of anilines is 1. The minimum absolute atomic E-state index is 0.129. The minimum atomic E-state index is -0.619. The molecule has 0 radical (unpaired) electrons. The normalized spacial score (nSPS) is 10.2. The van der Waals surface area contributed by atoms with Crippen LogP contribution in [0.4, 0.5) is 5.95 Å². The summed E-state index contributed by atoms with van der Waals surface area (Å²) in [7, 11) is 1.45. The van der Waals surface area contributed by atoms with Gasteiger partial charge in [-0.1, -0.05) is 0 Å². The lowest BCUT2D eigenvalue weighted by molar-refractivity contribution is 0.0995. The van der Waals surface area contributed by atoms with E-state index in [9.17, 15) is 4.79 Å². The number of aromatic nitrogens is 5. The van der Waals surface area contributed by atoms with Crippen molar-refractivity contribution in [2.24, 2.45) is 5.73 Å². The zero-order valence-corrected chi connectivity index (χ0v) is 10.5. The Morgan fingerprint density at radius 2 is 2.26 bits per heavy atom. The van der Waals surface area contributed by atoms with Crippen LogP contribution in [0.15, 0.2) is 12.3 Å². The number of carbonyl (C=O) groups excluding carboxylic acids is 1. The van der Waals surface area contributed by atoms with Crippen molar-refractivity contribution in [2.75, 3.05) is 19.0 Å². The third-order valence-electron chi connectivity index (χ3n) is 2.17. The lowest BCUT2D eigenvalue weighted by Crippen LogP contribution is -2.14. The molecule has 2 heterocycles. The van der Waals surface area contributed by atoms with Gasteiger partial charge in [0.05, 0.1) is 7.11 Å². The second-order valence-corrected chi connectivity index (χ2v) is 3.49. The predicted molar refractivity (Wildman–Crippen MR) is 66.2 cm³/mol. The molecule has 3 N–H and O–H groups in total. The van der Waals surface area contributed by atoms with Gasteiger partial charge in [-0.15, -0.1) is 0 Å². The molecule has 9 nitrogen and oxygen atoms in total. The van der Waals surface area contributed by atoms with Gasteiger partial charge in [0, 0.05) is 12.7 Å². The van der Waals surface area contributed by atoms with Crippen molar-refractivity contribution in [3.8, 4) is 12.0 Å². The minimum Gasteiger partial charge on any atom is -0.467 e. The van der Waals surface area contributed by atoms with Gasteiger partial charge in [0.15, 0.2) is 0 Å². The molecule has 0 bridgehead atoms. The molecule has 0 unspecified atom stereocenters. The summed E-state index contributed by atoms with van der Waals surface area (Å²) in [5, 5.41) is 6.91. The van der Waals surface area contributed by atoms with E-state index in [0.29, 0.717) is 12.5 Å². The first-order valence-electron chi connectivity index (χ1n) is 5.53. The molecule has 2 aromatic rings. The van der Waals surface area contributed by atoms with E-state index in [1.54, 1.807) is 0 Å². The maximum absolute atomic E-state index is 11.0. The van der Waals surface area contributed by atoms with Crippen molar-refractivity contribution in [1.29, 1.82) is 0 Å². The summed E-state index contributed by atoms with van der Waals surface area (Å²) in [6.45, 7) is 2.56. The van der Waals surface area contributed by atoms with Crippen LogP contribution in [-0.2, 0) is 0 Å². The highest BCUT2D eigenvalue weighted by molar-refractivity contribution is 5.90. The van der Waals surface area contributed by atoms with Crippen LogP contribution in [0.3, 0.4) is 0 Å². The van der Waals surface area contributed by atoms with Crippen LogP contribution in [0, 0.1) is 0 Å². The van der Waals surface area contributed by atoms with Gasteiger partial charge in [0.2, 0.25) is 5.95 Å². The smallest absolute Gasteiger partial charge is 0.322 e. The number of ether oxygens (including phenoxy) is 1. The maximum atomic E-state index is 11.0. The molecule has 0 aromatic carbocycles. The second kappa shape index (κ2) is 5.29. The first-order valence-corrected chi connectivity index (χ1v) is 5.53. The fraction of sp³-hybridized carbons (Fsp3) is 0.300. The van der Waals surface area contributed by atoms with Crippen LogP contribution in [-0.4, -0.2) is 44.3 Å². The van der Waals surface area contributed by atoms with Gasteiger partial charge in [-0.3, -0.25) is 4.79 Å². The van der Waals surface area contributed by atoms with E-state index in [1.807, 2.05) is 6.92 Å². The van der Waals surface area contributed by atoms with E-state index in [-0.39, 0.29) is 17.7 Å². The van der Waals surface area contributed by atoms with E-state index in [1.165, 1.54) is 24.1 Å².